The predicted octanol–water partition coefficient (Wildman–Crippen LogP) is 2.01. The highest BCUT2D eigenvalue weighted by Gasteiger charge is 2.22. The van der Waals surface area contributed by atoms with Gasteiger partial charge in [0, 0.05) is 38.9 Å². The van der Waals surface area contributed by atoms with Crippen LogP contribution in [0.15, 0.2) is 36.5 Å². The van der Waals surface area contributed by atoms with Gasteiger partial charge in [-0.25, -0.2) is 14.4 Å². The summed E-state index contributed by atoms with van der Waals surface area (Å²) in [6.45, 7) is 6.82. The first-order valence-corrected chi connectivity index (χ1v) is 8.48. The lowest BCUT2D eigenvalue weighted by molar-refractivity contribution is 0.0637. The highest BCUT2D eigenvalue weighted by molar-refractivity contribution is 5.92. The zero-order valence-corrected chi connectivity index (χ0v) is 14.3. The Morgan fingerprint density at radius 1 is 1.16 bits per heavy atom. The van der Waals surface area contributed by atoms with Gasteiger partial charge in [-0.05, 0) is 30.3 Å². The highest BCUT2D eigenvalue weighted by Crippen LogP contribution is 2.10. The molecule has 2 aromatic rings. The SMILES string of the molecule is CCN1CCN(C(=O)c2ccnc(NCc3ccc(F)cc3)n2)CC1. The highest BCUT2D eigenvalue weighted by atomic mass is 19.1. The number of piperazine rings is 1. The summed E-state index contributed by atoms with van der Waals surface area (Å²) in [6, 6.07) is 7.86. The van der Waals surface area contributed by atoms with Gasteiger partial charge in [-0.2, -0.15) is 0 Å². The fourth-order valence-corrected chi connectivity index (χ4v) is 2.78. The largest absolute Gasteiger partial charge is 0.350 e. The molecule has 1 saturated heterocycles. The number of carbonyl (C=O) groups is 1. The normalized spacial score (nSPS) is 15.2. The van der Waals surface area contributed by atoms with Gasteiger partial charge >= 0.3 is 0 Å². The number of hydrogen-bond acceptors (Lipinski definition) is 5. The maximum Gasteiger partial charge on any atom is 0.272 e. The number of rotatable bonds is 5. The van der Waals surface area contributed by atoms with Crippen molar-refractivity contribution in [2.24, 2.45) is 0 Å². The molecular weight excluding hydrogens is 321 g/mol. The third kappa shape index (κ3) is 4.51. The summed E-state index contributed by atoms with van der Waals surface area (Å²) in [5.74, 6) is 0.0566. The van der Waals surface area contributed by atoms with Gasteiger partial charge in [-0.15, -0.1) is 0 Å². The maximum absolute atomic E-state index is 12.9. The van der Waals surface area contributed by atoms with Crippen LogP contribution in [0.25, 0.3) is 0 Å². The van der Waals surface area contributed by atoms with Gasteiger partial charge in [0.1, 0.15) is 11.5 Å². The van der Waals surface area contributed by atoms with E-state index in [1.807, 2.05) is 4.90 Å². The molecule has 1 fully saturated rings. The lowest BCUT2D eigenvalue weighted by Gasteiger charge is -2.33. The van der Waals surface area contributed by atoms with Gasteiger partial charge in [-0.3, -0.25) is 4.79 Å². The summed E-state index contributed by atoms with van der Waals surface area (Å²) in [5.41, 5.74) is 1.30. The Hall–Kier alpha value is -2.54. The molecule has 1 aromatic heterocycles. The molecule has 0 spiro atoms. The minimum atomic E-state index is -0.268. The van der Waals surface area contributed by atoms with E-state index >= 15 is 0 Å². The van der Waals surface area contributed by atoms with Crippen molar-refractivity contribution in [3.63, 3.8) is 0 Å². The Bertz CT molecular complexity index is 714. The van der Waals surface area contributed by atoms with Crippen LogP contribution in [0.3, 0.4) is 0 Å². The molecule has 1 aliphatic heterocycles. The number of benzene rings is 1. The first kappa shape index (κ1) is 17.3. The molecule has 0 radical (unpaired) electrons. The number of nitrogens with one attached hydrogen (secondary N) is 1. The number of anilines is 1. The van der Waals surface area contributed by atoms with Gasteiger partial charge in [0.05, 0.1) is 0 Å². The van der Waals surface area contributed by atoms with Gasteiger partial charge in [0.25, 0.3) is 5.91 Å². The monoisotopic (exact) mass is 343 g/mol. The van der Waals surface area contributed by atoms with Gasteiger partial charge in [0.15, 0.2) is 0 Å². The topological polar surface area (TPSA) is 61.4 Å². The first-order chi connectivity index (χ1) is 12.2. The molecule has 3 rings (SSSR count). The second-order valence-corrected chi connectivity index (χ2v) is 5.97. The molecule has 7 heteroatoms. The van der Waals surface area contributed by atoms with Crippen LogP contribution in [0, 0.1) is 5.82 Å². The third-order valence-corrected chi connectivity index (χ3v) is 4.35. The van der Waals surface area contributed by atoms with Crippen molar-refractivity contribution in [1.82, 2.24) is 19.8 Å². The minimum absolute atomic E-state index is 0.0667. The number of amides is 1. The Kier molecular flexibility index (Phi) is 5.55. The molecule has 1 aromatic carbocycles. The summed E-state index contributed by atoms with van der Waals surface area (Å²) in [4.78, 5) is 25.2. The fourth-order valence-electron chi connectivity index (χ4n) is 2.78. The standard InChI is InChI=1S/C18H22FN5O/c1-2-23-9-11-24(12-10-23)17(25)16-7-8-20-18(22-16)21-13-14-3-5-15(19)6-4-14/h3-8H,2,9-13H2,1H3,(H,20,21,22). The Morgan fingerprint density at radius 2 is 1.88 bits per heavy atom. The molecule has 1 amide bonds. The van der Waals surface area contributed by atoms with E-state index in [0.29, 0.717) is 18.2 Å². The van der Waals surface area contributed by atoms with Gasteiger partial charge in [-0.1, -0.05) is 19.1 Å². The van der Waals surface area contributed by atoms with E-state index in [2.05, 4.69) is 27.1 Å². The van der Waals surface area contributed by atoms with Crippen LogP contribution in [0.2, 0.25) is 0 Å². The summed E-state index contributed by atoms with van der Waals surface area (Å²) >= 11 is 0. The number of hydrogen-bond donors (Lipinski definition) is 1. The zero-order valence-electron chi connectivity index (χ0n) is 14.3. The number of nitrogens with zero attached hydrogens (tertiary/aromatic N) is 4. The van der Waals surface area contributed by atoms with Crippen LogP contribution in [-0.2, 0) is 6.54 Å². The first-order valence-electron chi connectivity index (χ1n) is 8.48. The molecule has 0 atom stereocenters. The molecule has 1 N–H and O–H groups in total. The molecule has 132 valence electrons. The van der Waals surface area contributed by atoms with Crippen molar-refractivity contribution in [3.8, 4) is 0 Å². The average Bonchev–Trinajstić information content (AvgIpc) is 2.67. The van der Waals surface area contributed by atoms with Crippen LogP contribution in [0.1, 0.15) is 23.0 Å². The molecule has 0 saturated carbocycles. The summed E-state index contributed by atoms with van der Waals surface area (Å²) < 4.78 is 12.9. The van der Waals surface area contributed by atoms with Crippen LogP contribution in [-0.4, -0.2) is 58.4 Å². The van der Waals surface area contributed by atoms with Crippen molar-refractivity contribution in [1.29, 1.82) is 0 Å². The van der Waals surface area contributed by atoms with Crippen molar-refractivity contribution < 1.29 is 9.18 Å². The minimum Gasteiger partial charge on any atom is -0.350 e. The molecule has 25 heavy (non-hydrogen) atoms. The predicted molar refractivity (Wildman–Crippen MR) is 93.8 cm³/mol. The van der Waals surface area contributed by atoms with Crippen LogP contribution < -0.4 is 5.32 Å². The zero-order chi connectivity index (χ0) is 17.6. The van der Waals surface area contributed by atoms with Crippen LogP contribution >= 0.6 is 0 Å². The summed E-state index contributed by atoms with van der Waals surface area (Å²) in [7, 11) is 0. The number of halogens is 1. The summed E-state index contributed by atoms with van der Waals surface area (Å²) in [6.07, 6.45) is 1.58. The molecule has 0 unspecified atom stereocenters. The summed E-state index contributed by atoms with van der Waals surface area (Å²) in [5, 5.41) is 3.07. The molecule has 0 bridgehead atoms. The number of aromatic nitrogens is 2. The van der Waals surface area contributed by atoms with E-state index in [9.17, 15) is 9.18 Å². The second-order valence-electron chi connectivity index (χ2n) is 5.97. The van der Waals surface area contributed by atoms with E-state index < -0.39 is 0 Å². The van der Waals surface area contributed by atoms with E-state index in [4.69, 9.17) is 0 Å². The fraction of sp³-hybridized carbons (Fsp3) is 0.389. The number of carbonyl (C=O) groups excluding carboxylic acids is 1. The van der Waals surface area contributed by atoms with E-state index in [0.717, 1.165) is 38.3 Å². The molecule has 2 heterocycles. The van der Waals surface area contributed by atoms with Crippen molar-refractivity contribution in [2.45, 2.75) is 13.5 Å². The van der Waals surface area contributed by atoms with Crippen molar-refractivity contribution in [2.75, 3.05) is 38.0 Å². The second kappa shape index (κ2) is 8.02. The third-order valence-electron chi connectivity index (χ3n) is 4.35. The van der Waals surface area contributed by atoms with Gasteiger partial charge < -0.3 is 15.1 Å². The maximum atomic E-state index is 12.9. The Morgan fingerprint density at radius 3 is 2.56 bits per heavy atom. The lowest BCUT2D eigenvalue weighted by Crippen LogP contribution is -2.48. The molecular formula is C18H22FN5O. The van der Waals surface area contributed by atoms with E-state index in [1.165, 1.54) is 12.1 Å². The van der Waals surface area contributed by atoms with Gasteiger partial charge in [0.2, 0.25) is 5.95 Å². The van der Waals surface area contributed by atoms with Crippen LogP contribution in [0.4, 0.5) is 10.3 Å². The van der Waals surface area contributed by atoms with Crippen molar-refractivity contribution >= 4 is 11.9 Å². The van der Waals surface area contributed by atoms with Crippen molar-refractivity contribution in [3.05, 3.63) is 53.6 Å². The molecule has 1 aliphatic rings. The quantitative estimate of drug-likeness (QED) is 0.900. The van der Waals surface area contributed by atoms with E-state index in [1.54, 1.807) is 24.4 Å². The number of likely N-dealkylation sites (N-methyl/N-ethyl adjacent to an activating group) is 1. The van der Waals surface area contributed by atoms with E-state index in [-0.39, 0.29) is 11.7 Å². The lowest BCUT2D eigenvalue weighted by atomic mass is 10.2. The smallest absolute Gasteiger partial charge is 0.272 e. The average molecular weight is 343 g/mol. The van der Waals surface area contributed by atoms with Crippen LogP contribution in [0.5, 0.6) is 0 Å². The molecule has 6 nitrogen and oxygen atoms in total. The Labute approximate surface area is 146 Å². The Balaban J connectivity index is 1.61. The molecule has 0 aliphatic carbocycles.